The highest BCUT2D eigenvalue weighted by molar-refractivity contribution is 5.52. The molecule has 0 unspecified atom stereocenters. The van der Waals surface area contributed by atoms with E-state index in [9.17, 15) is 0 Å². The van der Waals surface area contributed by atoms with Gasteiger partial charge in [-0.1, -0.05) is 6.07 Å². The molecule has 18 heavy (non-hydrogen) atoms. The number of fused-ring (bicyclic) bond motifs is 1. The lowest BCUT2D eigenvalue weighted by atomic mass is 9.95. The molecule has 3 rings (SSSR count). The van der Waals surface area contributed by atoms with Crippen LogP contribution in [0.1, 0.15) is 23.7 Å². The highest BCUT2D eigenvalue weighted by atomic mass is 16.5. The minimum absolute atomic E-state index is 0.0580. The summed E-state index contributed by atoms with van der Waals surface area (Å²) in [6.45, 7) is 3.39. The lowest BCUT2D eigenvalue weighted by Gasteiger charge is -2.27. The molecule has 0 aromatic heterocycles. The monoisotopic (exact) mass is 249 g/mol. The molecule has 0 spiro atoms. The van der Waals surface area contributed by atoms with E-state index in [4.69, 9.17) is 14.6 Å². The van der Waals surface area contributed by atoms with Gasteiger partial charge >= 0.3 is 0 Å². The summed E-state index contributed by atoms with van der Waals surface area (Å²) in [5.74, 6) is 0. The van der Waals surface area contributed by atoms with E-state index in [1.807, 2.05) is 0 Å². The van der Waals surface area contributed by atoms with Gasteiger partial charge in [-0.2, -0.15) is 0 Å². The van der Waals surface area contributed by atoms with Crippen molar-refractivity contribution in [2.24, 2.45) is 0 Å². The van der Waals surface area contributed by atoms with Crippen LogP contribution < -0.4 is 4.90 Å². The lowest BCUT2D eigenvalue weighted by Crippen LogP contribution is -2.21. The summed E-state index contributed by atoms with van der Waals surface area (Å²) in [4.78, 5) is 2.25. The SMILES string of the molecule is OCC[C@@H]1OCCc2cc(N3CCOC3)ccc21. The van der Waals surface area contributed by atoms with E-state index in [0.29, 0.717) is 13.2 Å². The first kappa shape index (κ1) is 12.0. The Bertz CT molecular complexity index is 416. The lowest BCUT2D eigenvalue weighted by molar-refractivity contribution is 0.0254. The third-order valence-electron chi connectivity index (χ3n) is 3.67. The summed E-state index contributed by atoms with van der Waals surface area (Å²) in [5.41, 5.74) is 3.82. The molecule has 4 heteroatoms. The Morgan fingerprint density at radius 2 is 2.28 bits per heavy atom. The molecular weight excluding hydrogens is 230 g/mol. The van der Waals surface area contributed by atoms with E-state index in [1.54, 1.807) is 0 Å². The Labute approximate surface area is 107 Å². The molecule has 1 aromatic rings. The van der Waals surface area contributed by atoms with Crippen molar-refractivity contribution in [1.29, 1.82) is 0 Å². The Morgan fingerprint density at radius 1 is 1.33 bits per heavy atom. The van der Waals surface area contributed by atoms with E-state index in [0.717, 1.165) is 26.2 Å². The number of hydrogen-bond donors (Lipinski definition) is 1. The van der Waals surface area contributed by atoms with Crippen molar-refractivity contribution >= 4 is 5.69 Å². The van der Waals surface area contributed by atoms with E-state index in [1.165, 1.54) is 16.8 Å². The fourth-order valence-electron chi connectivity index (χ4n) is 2.69. The highest BCUT2D eigenvalue weighted by Crippen LogP contribution is 2.32. The summed E-state index contributed by atoms with van der Waals surface area (Å²) < 4.78 is 11.1. The number of hydrogen-bond acceptors (Lipinski definition) is 4. The maximum atomic E-state index is 9.07. The fourth-order valence-corrected chi connectivity index (χ4v) is 2.69. The molecular formula is C14H19NO3. The van der Waals surface area contributed by atoms with Gasteiger partial charge in [0.15, 0.2) is 0 Å². The molecule has 0 radical (unpaired) electrons. The van der Waals surface area contributed by atoms with Crippen LogP contribution in [0.3, 0.4) is 0 Å². The van der Waals surface area contributed by atoms with Gasteiger partial charge in [0.2, 0.25) is 0 Å². The molecule has 1 atom stereocenters. The maximum Gasteiger partial charge on any atom is 0.119 e. The zero-order valence-electron chi connectivity index (χ0n) is 10.5. The van der Waals surface area contributed by atoms with Crippen LogP contribution in [0.4, 0.5) is 5.69 Å². The van der Waals surface area contributed by atoms with Crippen molar-refractivity contribution < 1.29 is 14.6 Å². The third-order valence-corrected chi connectivity index (χ3v) is 3.67. The summed E-state index contributed by atoms with van der Waals surface area (Å²) in [6, 6.07) is 6.52. The molecule has 1 N–H and O–H groups in total. The number of ether oxygens (including phenoxy) is 2. The summed E-state index contributed by atoms with van der Waals surface area (Å²) in [7, 11) is 0. The first-order chi connectivity index (χ1) is 8.88. The number of anilines is 1. The van der Waals surface area contributed by atoms with E-state index in [2.05, 4.69) is 23.1 Å². The standard InChI is InChI=1S/C14H19NO3/c16-6-3-14-13-2-1-12(15-5-8-17-10-15)9-11(13)4-7-18-14/h1-2,9,14,16H,3-8,10H2/t14-/m0/s1. The number of aliphatic hydroxyl groups is 1. The molecule has 98 valence electrons. The molecule has 2 aliphatic rings. The molecule has 0 bridgehead atoms. The van der Waals surface area contributed by atoms with Gasteiger partial charge in [-0.25, -0.2) is 0 Å². The number of rotatable bonds is 3. The average Bonchev–Trinajstić information content (AvgIpc) is 2.93. The van der Waals surface area contributed by atoms with Gasteiger partial charge in [-0.15, -0.1) is 0 Å². The van der Waals surface area contributed by atoms with Crippen LogP contribution in [0.15, 0.2) is 18.2 Å². The molecule has 1 aromatic carbocycles. The van der Waals surface area contributed by atoms with Crippen molar-refractivity contribution in [1.82, 2.24) is 0 Å². The van der Waals surface area contributed by atoms with Gasteiger partial charge in [-0.3, -0.25) is 0 Å². The van der Waals surface area contributed by atoms with Gasteiger partial charge in [0.25, 0.3) is 0 Å². The van der Waals surface area contributed by atoms with Crippen LogP contribution in [0, 0.1) is 0 Å². The van der Waals surface area contributed by atoms with Crippen molar-refractivity contribution in [2.45, 2.75) is 18.9 Å². The van der Waals surface area contributed by atoms with Gasteiger partial charge in [-0.05, 0) is 29.7 Å². The van der Waals surface area contributed by atoms with E-state index < -0.39 is 0 Å². The Hall–Kier alpha value is -1.10. The predicted molar refractivity (Wildman–Crippen MR) is 68.7 cm³/mol. The van der Waals surface area contributed by atoms with Crippen LogP contribution in [0.2, 0.25) is 0 Å². The Balaban J connectivity index is 1.85. The smallest absolute Gasteiger partial charge is 0.119 e. The van der Waals surface area contributed by atoms with Crippen molar-refractivity contribution in [2.75, 3.05) is 38.0 Å². The molecule has 0 aliphatic carbocycles. The van der Waals surface area contributed by atoms with Crippen LogP contribution in [0.5, 0.6) is 0 Å². The summed E-state index contributed by atoms with van der Waals surface area (Å²) in [6.07, 6.45) is 1.70. The normalized spacial score (nSPS) is 23.2. The van der Waals surface area contributed by atoms with Crippen LogP contribution >= 0.6 is 0 Å². The topological polar surface area (TPSA) is 41.9 Å². The quantitative estimate of drug-likeness (QED) is 0.881. The van der Waals surface area contributed by atoms with Crippen molar-refractivity contribution in [3.63, 3.8) is 0 Å². The second-order valence-electron chi connectivity index (χ2n) is 4.81. The average molecular weight is 249 g/mol. The molecule has 1 saturated heterocycles. The first-order valence-electron chi connectivity index (χ1n) is 6.56. The van der Waals surface area contributed by atoms with Gasteiger partial charge < -0.3 is 19.5 Å². The number of aliphatic hydroxyl groups excluding tert-OH is 1. The summed E-state index contributed by atoms with van der Waals surface area (Å²) >= 11 is 0. The van der Waals surface area contributed by atoms with Crippen LogP contribution in [0.25, 0.3) is 0 Å². The van der Waals surface area contributed by atoms with Crippen molar-refractivity contribution in [3.8, 4) is 0 Å². The largest absolute Gasteiger partial charge is 0.396 e. The minimum Gasteiger partial charge on any atom is -0.396 e. The fraction of sp³-hybridized carbons (Fsp3) is 0.571. The zero-order chi connectivity index (χ0) is 12.4. The molecule has 1 fully saturated rings. The van der Waals surface area contributed by atoms with E-state index >= 15 is 0 Å². The van der Waals surface area contributed by atoms with Crippen LogP contribution in [-0.2, 0) is 15.9 Å². The highest BCUT2D eigenvalue weighted by Gasteiger charge is 2.22. The van der Waals surface area contributed by atoms with Gasteiger partial charge in [0.1, 0.15) is 6.73 Å². The van der Waals surface area contributed by atoms with E-state index in [-0.39, 0.29) is 12.7 Å². The number of benzene rings is 1. The molecule has 2 aliphatic heterocycles. The maximum absolute atomic E-state index is 9.07. The second kappa shape index (κ2) is 5.26. The first-order valence-corrected chi connectivity index (χ1v) is 6.56. The van der Waals surface area contributed by atoms with Crippen molar-refractivity contribution in [3.05, 3.63) is 29.3 Å². The predicted octanol–water partition coefficient (Wildman–Crippen LogP) is 1.48. The summed E-state index contributed by atoms with van der Waals surface area (Å²) in [5, 5.41) is 9.07. The molecule has 4 nitrogen and oxygen atoms in total. The Kier molecular flexibility index (Phi) is 3.50. The second-order valence-corrected chi connectivity index (χ2v) is 4.81. The molecule has 2 heterocycles. The van der Waals surface area contributed by atoms with Gasteiger partial charge in [0, 0.05) is 25.3 Å². The van der Waals surface area contributed by atoms with Crippen LogP contribution in [-0.4, -0.2) is 38.2 Å². The molecule has 0 amide bonds. The Morgan fingerprint density at radius 3 is 3.06 bits per heavy atom. The number of nitrogens with zero attached hydrogens (tertiary/aromatic N) is 1. The zero-order valence-corrected chi connectivity index (χ0v) is 10.5. The minimum atomic E-state index is 0.0580. The molecule has 0 saturated carbocycles. The van der Waals surface area contributed by atoms with Gasteiger partial charge in [0.05, 0.1) is 19.3 Å². The third kappa shape index (κ3) is 2.23.